The van der Waals surface area contributed by atoms with Crippen molar-refractivity contribution in [1.82, 2.24) is 20.4 Å². The van der Waals surface area contributed by atoms with E-state index < -0.39 is 5.91 Å². The van der Waals surface area contributed by atoms with Gasteiger partial charge in [0.1, 0.15) is 5.69 Å². The summed E-state index contributed by atoms with van der Waals surface area (Å²) in [5.41, 5.74) is 4.39. The summed E-state index contributed by atoms with van der Waals surface area (Å²) in [5.74, 6) is 0.940. The molecule has 0 unspecified atom stereocenters. The number of pyridine rings is 1. The zero-order valence-electron chi connectivity index (χ0n) is 21.4. The highest BCUT2D eigenvalue weighted by atomic mass is 16.5. The third kappa shape index (κ3) is 6.60. The van der Waals surface area contributed by atoms with E-state index in [1.807, 2.05) is 18.0 Å². The van der Waals surface area contributed by atoms with Crippen LogP contribution < -0.4 is 15.3 Å². The van der Waals surface area contributed by atoms with Crippen LogP contribution in [0.2, 0.25) is 0 Å². The molecule has 1 aliphatic heterocycles. The van der Waals surface area contributed by atoms with Gasteiger partial charge in [-0.1, -0.05) is 19.2 Å². The van der Waals surface area contributed by atoms with E-state index in [0.717, 1.165) is 5.56 Å². The summed E-state index contributed by atoms with van der Waals surface area (Å²) in [6.07, 6.45) is 7.59. The molecule has 0 spiro atoms. The van der Waals surface area contributed by atoms with Gasteiger partial charge in [0, 0.05) is 56.4 Å². The Kier molecular flexibility index (Phi) is 10.1. The Labute approximate surface area is 221 Å². The van der Waals surface area contributed by atoms with Gasteiger partial charge in [0.2, 0.25) is 0 Å². The molecule has 3 heterocycles. The molecule has 0 radical (unpaired) electrons. The standard InChI is InChI=1S/C26H31N9O3/c1-6-18-14-19(17-30-21(18)7-2)23-31-24(22(28-4)25(32-23)35-10-12-38-13-11-35)34(5)9-8-29-16-20(15-27-3)26(36)33-37/h6-7,14-17,37H,1-4,8-13H2,5H3,(H,33,36)/b20-15+,29-16?. The van der Waals surface area contributed by atoms with Crippen LogP contribution in [-0.4, -0.2) is 92.2 Å². The van der Waals surface area contributed by atoms with E-state index in [2.05, 4.69) is 51.5 Å². The highest BCUT2D eigenvalue weighted by Gasteiger charge is 2.23. The maximum atomic E-state index is 11.7. The number of carbonyl (C=O) groups excluding carboxylic acids is 1. The molecule has 12 heteroatoms. The van der Waals surface area contributed by atoms with Crippen LogP contribution in [0.5, 0.6) is 0 Å². The molecule has 0 aromatic carbocycles. The molecule has 0 atom stereocenters. The summed E-state index contributed by atoms with van der Waals surface area (Å²) in [4.78, 5) is 42.0. The van der Waals surface area contributed by atoms with Crippen molar-refractivity contribution in [2.45, 2.75) is 0 Å². The number of hydrogen-bond acceptors (Lipinski definition) is 11. The van der Waals surface area contributed by atoms with Gasteiger partial charge in [0.15, 0.2) is 17.5 Å². The summed E-state index contributed by atoms with van der Waals surface area (Å²) in [7, 11) is 1.86. The van der Waals surface area contributed by atoms with Gasteiger partial charge in [-0.2, -0.15) is 0 Å². The maximum absolute atomic E-state index is 11.7. The third-order valence-corrected chi connectivity index (χ3v) is 5.69. The first kappa shape index (κ1) is 28.0. The Hall–Kier alpha value is -4.55. The van der Waals surface area contributed by atoms with Gasteiger partial charge >= 0.3 is 0 Å². The fraction of sp³-hybridized carbons (Fsp3) is 0.269. The zero-order valence-corrected chi connectivity index (χ0v) is 21.4. The molecular formula is C26H31N9O3. The monoisotopic (exact) mass is 517 g/mol. The number of amides is 1. The van der Waals surface area contributed by atoms with E-state index in [1.165, 1.54) is 12.4 Å². The average Bonchev–Trinajstić information content (AvgIpc) is 2.97. The second-order valence-electron chi connectivity index (χ2n) is 8.07. The van der Waals surface area contributed by atoms with Gasteiger partial charge in [-0.25, -0.2) is 15.4 Å². The van der Waals surface area contributed by atoms with Crippen LogP contribution in [0.25, 0.3) is 23.5 Å². The smallest absolute Gasteiger partial charge is 0.277 e. The lowest BCUT2D eigenvalue weighted by Gasteiger charge is -2.30. The van der Waals surface area contributed by atoms with E-state index in [1.54, 1.807) is 23.8 Å². The van der Waals surface area contributed by atoms with Gasteiger partial charge < -0.3 is 14.5 Å². The van der Waals surface area contributed by atoms with Gasteiger partial charge in [0.05, 0.1) is 31.0 Å². The fourth-order valence-electron chi connectivity index (χ4n) is 3.70. The summed E-state index contributed by atoms with van der Waals surface area (Å²) in [5, 5.41) is 8.87. The molecule has 1 saturated heterocycles. The van der Waals surface area contributed by atoms with Crippen LogP contribution in [0.3, 0.4) is 0 Å². The molecular weight excluding hydrogens is 486 g/mol. The van der Waals surface area contributed by atoms with Crippen molar-refractivity contribution in [2.75, 3.05) is 56.2 Å². The molecule has 1 aliphatic rings. The Balaban J connectivity index is 1.99. The van der Waals surface area contributed by atoms with E-state index in [9.17, 15) is 4.79 Å². The topological polar surface area (TPSA) is 141 Å². The lowest BCUT2D eigenvalue weighted by Crippen LogP contribution is -2.37. The van der Waals surface area contributed by atoms with Crippen LogP contribution in [0.1, 0.15) is 11.3 Å². The Morgan fingerprint density at radius 1 is 1.26 bits per heavy atom. The normalized spacial score (nSPS) is 13.7. The molecule has 38 heavy (non-hydrogen) atoms. The molecule has 0 bridgehead atoms. The molecule has 0 aliphatic carbocycles. The molecule has 1 amide bonds. The average molecular weight is 518 g/mol. The number of nitrogens with one attached hydrogen (secondary N) is 1. The summed E-state index contributed by atoms with van der Waals surface area (Å²) in [6, 6.07) is 1.91. The molecule has 2 aromatic heterocycles. The Morgan fingerprint density at radius 2 is 2.03 bits per heavy atom. The van der Waals surface area contributed by atoms with Crippen molar-refractivity contribution < 1.29 is 14.7 Å². The molecule has 1 fully saturated rings. The second-order valence-corrected chi connectivity index (χ2v) is 8.07. The lowest BCUT2D eigenvalue weighted by molar-refractivity contribution is -0.124. The van der Waals surface area contributed by atoms with Crippen molar-refractivity contribution in [3.8, 4) is 11.4 Å². The van der Waals surface area contributed by atoms with Crippen LogP contribution >= 0.6 is 0 Å². The fourth-order valence-corrected chi connectivity index (χ4v) is 3.70. The van der Waals surface area contributed by atoms with Gasteiger partial charge in [0.25, 0.3) is 5.91 Å². The van der Waals surface area contributed by atoms with Gasteiger partial charge in [-0.3, -0.25) is 30.0 Å². The first-order valence-corrected chi connectivity index (χ1v) is 11.8. The van der Waals surface area contributed by atoms with Crippen molar-refractivity contribution in [3.05, 3.63) is 48.5 Å². The number of aromatic nitrogens is 3. The minimum absolute atomic E-state index is 0.0611. The number of hydroxylamine groups is 1. The van der Waals surface area contributed by atoms with Crippen LogP contribution in [0.15, 0.2) is 52.2 Å². The molecule has 2 N–H and O–H groups in total. The first-order valence-electron chi connectivity index (χ1n) is 11.8. The van der Waals surface area contributed by atoms with Crippen LogP contribution in [0.4, 0.5) is 17.3 Å². The molecule has 0 saturated carbocycles. The summed E-state index contributed by atoms with van der Waals surface area (Å²) < 4.78 is 5.52. The Bertz CT molecular complexity index is 1270. The number of morpholine rings is 1. The van der Waals surface area contributed by atoms with Crippen molar-refractivity contribution in [1.29, 1.82) is 0 Å². The minimum Gasteiger partial charge on any atom is -0.378 e. The predicted octanol–water partition coefficient (Wildman–Crippen LogP) is 2.59. The maximum Gasteiger partial charge on any atom is 0.277 e. The number of carbonyl (C=O) groups is 1. The minimum atomic E-state index is -0.738. The summed E-state index contributed by atoms with van der Waals surface area (Å²) >= 11 is 0. The number of aliphatic imine (C=N–C) groups is 3. The van der Waals surface area contributed by atoms with Crippen LogP contribution in [0, 0.1) is 0 Å². The SMILES string of the molecule is C=Cc1cc(-c2nc(N(C)CCN=C/C(=C\N=C)C(=O)NO)c(N=C)c(N3CCOCC3)n2)cnc1C=C. The quantitative estimate of drug-likeness (QED) is 0.189. The number of rotatable bonds is 12. The zero-order chi connectivity index (χ0) is 27.5. The Morgan fingerprint density at radius 3 is 2.66 bits per heavy atom. The second kappa shape index (κ2) is 13.7. The molecule has 3 rings (SSSR count). The third-order valence-electron chi connectivity index (χ3n) is 5.69. The van der Waals surface area contributed by atoms with E-state index >= 15 is 0 Å². The first-order chi connectivity index (χ1) is 18.5. The number of hydrogen-bond donors (Lipinski definition) is 2. The van der Waals surface area contributed by atoms with Crippen LogP contribution in [-0.2, 0) is 9.53 Å². The van der Waals surface area contributed by atoms with E-state index in [-0.39, 0.29) is 5.57 Å². The molecule has 12 nitrogen and oxygen atoms in total. The van der Waals surface area contributed by atoms with Crippen molar-refractivity contribution in [2.24, 2.45) is 15.0 Å². The summed E-state index contributed by atoms with van der Waals surface area (Å²) in [6.45, 7) is 18.0. The number of nitrogens with zero attached hydrogens (tertiary/aromatic N) is 8. The molecule has 198 valence electrons. The highest BCUT2D eigenvalue weighted by molar-refractivity contribution is 6.11. The van der Waals surface area contributed by atoms with Crippen molar-refractivity contribution >= 4 is 55.0 Å². The number of likely N-dealkylation sites (N-methyl/N-ethyl adjacent to an activating group) is 1. The number of ether oxygens (including phenoxy) is 1. The van der Waals surface area contributed by atoms with Crippen molar-refractivity contribution in [3.63, 3.8) is 0 Å². The van der Waals surface area contributed by atoms with Gasteiger partial charge in [-0.15, -0.1) is 0 Å². The van der Waals surface area contributed by atoms with Gasteiger partial charge in [-0.05, 0) is 25.6 Å². The highest BCUT2D eigenvalue weighted by Crippen LogP contribution is 2.37. The number of anilines is 2. The largest absolute Gasteiger partial charge is 0.378 e. The van der Waals surface area contributed by atoms with E-state index in [4.69, 9.17) is 19.9 Å². The lowest BCUT2D eigenvalue weighted by atomic mass is 10.1. The molecule has 2 aromatic rings. The predicted molar refractivity (Wildman–Crippen MR) is 152 cm³/mol. The van der Waals surface area contributed by atoms with E-state index in [0.29, 0.717) is 73.8 Å².